The van der Waals surface area contributed by atoms with Gasteiger partial charge in [-0.15, -0.1) is 0 Å². The molecule has 1 atom stereocenters. The van der Waals surface area contributed by atoms with Crippen molar-refractivity contribution in [3.63, 3.8) is 0 Å². The first-order valence-corrected chi connectivity index (χ1v) is 8.85. The highest BCUT2D eigenvalue weighted by Gasteiger charge is 2.32. The Labute approximate surface area is 117 Å². The first-order valence-electron chi connectivity index (χ1n) is 6.65. The first kappa shape index (κ1) is 13.2. The second-order valence-electron chi connectivity index (χ2n) is 5.33. The molecule has 1 aliphatic carbocycles. The molecule has 1 aromatic rings. The van der Waals surface area contributed by atoms with Crippen molar-refractivity contribution in [2.24, 2.45) is 0 Å². The zero-order valence-electron chi connectivity index (χ0n) is 10.6. The summed E-state index contributed by atoms with van der Waals surface area (Å²) in [6.45, 7) is 0. The van der Waals surface area contributed by atoms with Crippen molar-refractivity contribution in [3.8, 4) is 5.75 Å². The summed E-state index contributed by atoms with van der Waals surface area (Å²) in [5, 5.41) is 4.63. The number of hydrogen-bond acceptors (Lipinski definition) is 4. The van der Waals surface area contributed by atoms with E-state index >= 15 is 0 Å². The van der Waals surface area contributed by atoms with Crippen molar-refractivity contribution in [1.29, 1.82) is 0 Å². The van der Waals surface area contributed by atoms with Gasteiger partial charge in [-0.2, -0.15) is 5.10 Å². The van der Waals surface area contributed by atoms with Crippen LogP contribution in [-0.2, 0) is 9.84 Å². The number of rotatable bonds is 3. The maximum atomic E-state index is 11.5. The number of ether oxygens (including phenoxy) is 1. The molecule has 1 saturated carbocycles. The van der Waals surface area contributed by atoms with Crippen LogP contribution in [0.5, 0.6) is 5.75 Å². The molecule has 2 aliphatic rings. The summed E-state index contributed by atoms with van der Waals surface area (Å²) < 4.78 is 30.4. The molecule has 5 nitrogen and oxygen atoms in total. The molecular weight excluding hydrogens is 288 g/mol. The van der Waals surface area contributed by atoms with Crippen molar-refractivity contribution in [2.75, 3.05) is 11.5 Å². The second-order valence-corrected chi connectivity index (χ2v) is 7.91. The van der Waals surface area contributed by atoms with Crippen LogP contribution in [0.25, 0.3) is 0 Å². The summed E-state index contributed by atoms with van der Waals surface area (Å²) in [6.07, 6.45) is 6.90. The van der Waals surface area contributed by atoms with Crippen molar-refractivity contribution < 1.29 is 13.2 Å². The third-order valence-corrected chi connectivity index (χ3v) is 5.96. The topological polar surface area (TPSA) is 61.2 Å². The van der Waals surface area contributed by atoms with E-state index in [0.29, 0.717) is 17.3 Å². The van der Waals surface area contributed by atoms with E-state index in [9.17, 15) is 8.42 Å². The van der Waals surface area contributed by atoms with Gasteiger partial charge in [-0.25, -0.2) is 13.1 Å². The summed E-state index contributed by atoms with van der Waals surface area (Å²) in [6, 6.07) is -0.154. The smallest absolute Gasteiger partial charge is 0.176 e. The Hall–Kier alpha value is -0.750. The summed E-state index contributed by atoms with van der Waals surface area (Å²) in [5.74, 6) is 0.919. The molecule has 7 heteroatoms. The Bertz CT molecular complexity index is 564. The van der Waals surface area contributed by atoms with Crippen molar-refractivity contribution in [2.45, 2.75) is 44.2 Å². The number of aromatic nitrogens is 2. The molecule has 0 bridgehead atoms. The average molecular weight is 305 g/mol. The Morgan fingerprint density at radius 3 is 2.68 bits per heavy atom. The van der Waals surface area contributed by atoms with Gasteiger partial charge in [-0.1, -0.05) is 11.6 Å². The van der Waals surface area contributed by atoms with Crippen LogP contribution in [0.4, 0.5) is 0 Å². The Balaban J connectivity index is 1.75. The summed E-state index contributed by atoms with van der Waals surface area (Å²) in [7, 11) is -2.93. The molecule has 0 spiro atoms. The maximum absolute atomic E-state index is 11.5. The molecule has 0 radical (unpaired) electrons. The van der Waals surface area contributed by atoms with E-state index < -0.39 is 9.84 Å². The lowest BCUT2D eigenvalue weighted by atomic mass is 10.3. The van der Waals surface area contributed by atoms with Gasteiger partial charge < -0.3 is 4.74 Å². The van der Waals surface area contributed by atoms with Crippen LogP contribution in [-0.4, -0.2) is 35.8 Å². The normalized spacial score (nSPS) is 26.9. The Kier molecular flexibility index (Phi) is 3.47. The number of hydrogen-bond donors (Lipinski definition) is 0. The summed E-state index contributed by atoms with van der Waals surface area (Å²) in [4.78, 5) is 0. The van der Waals surface area contributed by atoms with E-state index in [1.54, 1.807) is 10.9 Å². The maximum Gasteiger partial charge on any atom is 0.176 e. The minimum absolute atomic E-state index is 0.122. The number of sulfone groups is 1. The lowest BCUT2D eigenvalue weighted by molar-refractivity contribution is 0.210. The predicted molar refractivity (Wildman–Crippen MR) is 72.4 cm³/mol. The molecule has 19 heavy (non-hydrogen) atoms. The molecule has 106 valence electrons. The molecule has 1 aromatic heterocycles. The van der Waals surface area contributed by atoms with Gasteiger partial charge in [0.2, 0.25) is 0 Å². The van der Waals surface area contributed by atoms with Gasteiger partial charge in [-0.05, 0) is 32.1 Å². The second kappa shape index (κ2) is 4.98. The van der Waals surface area contributed by atoms with Gasteiger partial charge in [0.05, 0.1) is 29.8 Å². The fourth-order valence-electron chi connectivity index (χ4n) is 2.82. The fraction of sp³-hybridized carbons (Fsp3) is 0.750. The van der Waals surface area contributed by atoms with Gasteiger partial charge >= 0.3 is 0 Å². The standard InChI is InChI=1S/C12H17ClN2O3S/c13-12-11(18-10-3-1-2-4-10)7-14-15(12)9-5-6-19(16,17)8-9/h7,9-10H,1-6,8H2. The third kappa shape index (κ3) is 2.74. The SMILES string of the molecule is O=S1(=O)CCC(n2ncc(OC3CCCC3)c2Cl)C1. The van der Waals surface area contributed by atoms with Crippen molar-refractivity contribution >= 4 is 21.4 Å². The minimum atomic E-state index is -2.93. The Morgan fingerprint density at radius 1 is 1.32 bits per heavy atom. The molecule has 2 heterocycles. The van der Waals surface area contributed by atoms with E-state index in [0.717, 1.165) is 12.8 Å². The van der Waals surface area contributed by atoms with Crippen LogP contribution in [0.2, 0.25) is 5.15 Å². The first-order chi connectivity index (χ1) is 9.05. The van der Waals surface area contributed by atoms with Crippen molar-refractivity contribution in [1.82, 2.24) is 9.78 Å². The monoisotopic (exact) mass is 304 g/mol. The van der Waals surface area contributed by atoms with E-state index in [4.69, 9.17) is 16.3 Å². The predicted octanol–water partition coefficient (Wildman–Crippen LogP) is 2.22. The van der Waals surface area contributed by atoms with Crippen LogP contribution in [0, 0.1) is 0 Å². The summed E-state index contributed by atoms with van der Waals surface area (Å²) in [5.41, 5.74) is 0. The largest absolute Gasteiger partial charge is 0.486 e. The van der Waals surface area contributed by atoms with E-state index in [2.05, 4.69) is 5.10 Å². The highest BCUT2D eigenvalue weighted by molar-refractivity contribution is 7.91. The van der Waals surface area contributed by atoms with Crippen molar-refractivity contribution in [3.05, 3.63) is 11.3 Å². The van der Waals surface area contributed by atoms with Gasteiger partial charge in [0.25, 0.3) is 0 Å². The van der Waals surface area contributed by atoms with E-state index in [-0.39, 0.29) is 23.7 Å². The average Bonchev–Trinajstić information content (AvgIpc) is 3.03. The molecule has 0 N–H and O–H groups in total. The highest BCUT2D eigenvalue weighted by Crippen LogP contribution is 2.33. The van der Waals surface area contributed by atoms with E-state index in [1.165, 1.54) is 12.8 Å². The van der Waals surface area contributed by atoms with Crippen LogP contribution in [0.3, 0.4) is 0 Å². The van der Waals surface area contributed by atoms with Crippen LogP contribution < -0.4 is 4.74 Å². The van der Waals surface area contributed by atoms with Gasteiger partial charge in [0.1, 0.15) is 0 Å². The quantitative estimate of drug-likeness (QED) is 0.859. The minimum Gasteiger partial charge on any atom is -0.486 e. The summed E-state index contributed by atoms with van der Waals surface area (Å²) >= 11 is 6.26. The zero-order chi connectivity index (χ0) is 13.5. The number of halogens is 1. The van der Waals surface area contributed by atoms with Gasteiger partial charge in [0.15, 0.2) is 20.7 Å². The molecule has 3 rings (SSSR count). The highest BCUT2D eigenvalue weighted by atomic mass is 35.5. The van der Waals surface area contributed by atoms with Crippen LogP contribution in [0.1, 0.15) is 38.1 Å². The molecule has 1 unspecified atom stereocenters. The third-order valence-electron chi connectivity index (χ3n) is 3.85. The van der Waals surface area contributed by atoms with E-state index in [1.807, 2.05) is 0 Å². The molecular formula is C12H17ClN2O3S. The van der Waals surface area contributed by atoms with Crippen LogP contribution >= 0.6 is 11.6 Å². The number of nitrogens with zero attached hydrogens (tertiary/aromatic N) is 2. The lowest BCUT2D eigenvalue weighted by Crippen LogP contribution is -2.13. The van der Waals surface area contributed by atoms with Crippen LogP contribution in [0.15, 0.2) is 6.20 Å². The molecule has 1 aliphatic heterocycles. The lowest BCUT2D eigenvalue weighted by Gasteiger charge is -2.13. The molecule has 1 saturated heterocycles. The molecule has 2 fully saturated rings. The molecule has 0 aromatic carbocycles. The van der Waals surface area contributed by atoms with Gasteiger partial charge in [0, 0.05) is 0 Å². The zero-order valence-corrected chi connectivity index (χ0v) is 12.2. The fourth-order valence-corrected chi connectivity index (χ4v) is 4.79. The van der Waals surface area contributed by atoms with Gasteiger partial charge in [-0.3, -0.25) is 0 Å². The Morgan fingerprint density at radius 2 is 2.05 bits per heavy atom. The molecule has 0 amide bonds.